The Bertz CT molecular complexity index is 146. The molecule has 0 saturated heterocycles. The zero-order chi connectivity index (χ0) is 8.69. The Kier molecular flexibility index (Phi) is 5.10. The summed E-state index contributed by atoms with van der Waals surface area (Å²) in [7, 11) is 0. The van der Waals surface area contributed by atoms with Crippen LogP contribution >= 0.6 is 0 Å². The van der Waals surface area contributed by atoms with E-state index in [1.165, 1.54) is 0 Å². The van der Waals surface area contributed by atoms with Gasteiger partial charge in [0, 0.05) is 13.2 Å². The van der Waals surface area contributed by atoms with E-state index in [9.17, 15) is 9.59 Å². The lowest BCUT2D eigenvalue weighted by atomic mass is 10.3. The molecule has 1 amide bonds. The lowest BCUT2D eigenvalue weighted by Crippen LogP contribution is -2.31. The minimum Gasteiger partial charge on any atom is -0.474 e. The van der Waals surface area contributed by atoms with Crippen molar-refractivity contribution in [3.05, 3.63) is 0 Å². The number of aliphatic hydroxyl groups excluding tert-OH is 1. The number of carbonyl (C=O) groups excluding carboxylic acids is 1. The van der Waals surface area contributed by atoms with Crippen molar-refractivity contribution in [1.82, 2.24) is 5.32 Å². The second kappa shape index (κ2) is 5.67. The topological polar surface area (TPSA) is 86.6 Å². The molecule has 0 aromatic carbocycles. The van der Waals surface area contributed by atoms with Crippen LogP contribution in [0.4, 0.5) is 0 Å². The molecule has 64 valence electrons. The molecule has 0 aromatic rings. The van der Waals surface area contributed by atoms with Crippen LogP contribution in [0.15, 0.2) is 0 Å². The van der Waals surface area contributed by atoms with Gasteiger partial charge in [0.25, 0.3) is 0 Å². The number of unbranched alkanes of at least 4 members (excludes halogenated alkanes) is 1. The van der Waals surface area contributed by atoms with E-state index in [-0.39, 0.29) is 6.61 Å². The molecule has 0 aliphatic rings. The van der Waals surface area contributed by atoms with Crippen LogP contribution in [-0.2, 0) is 9.59 Å². The summed E-state index contributed by atoms with van der Waals surface area (Å²) in [6, 6.07) is 0. The molecular weight excluding hydrogens is 150 g/mol. The van der Waals surface area contributed by atoms with Crippen LogP contribution in [0.1, 0.15) is 12.8 Å². The summed E-state index contributed by atoms with van der Waals surface area (Å²) in [4.78, 5) is 20.2. The molecule has 5 nitrogen and oxygen atoms in total. The molecule has 0 fully saturated rings. The van der Waals surface area contributed by atoms with Gasteiger partial charge in [-0.05, 0) is 12.8 Å². The van der Waals surface area contributed by atoms with Crippen LogP contribution in [0.25, 0.3) is 0 Å². The Morgan fingerprint density at radius 1 is 1.27 bits per heavy atom. The van der Waals surface area contributed by atoms with E-state index in [1.807, 2.05) is 0 Å². The second-order valence-corrected chi connectivity index (χ2v) is 1.99. The number of carboxylic acids is 1. The first-order chi connectivity index (χ1) is 5.18. The van der Waals surface area contributed by atoms with Gasteiger partial charge in [0.05, 0.1) is 0 Å². The number of rotatable bonds is 4. The summed E-state index contributed by atoms with van der Waals surface area (Å²) in [5.74, 6) is -2.48. The van der Waals surface area contributed by atoms with Gasteiger partial charge in [-0.25, -0.2) is 4.79 Å². The minimum absolute atomic E-state index is 0.0585. The molecule has 0 radical (unpaired) electrons. The normalized spacial score (nSPS) is 9.18. The summed E-state index contributed by atoms with van der Waals surface area (Å²) in [5, 5.41) is 18.6. The van der Waals surface area contributed by atoms with E-state index >= 15 is 0 Å². The highest BCUT2D eigenvalue weighted by atomic mass is 16.4. The standard InChI is InChI=1S/C6H11NO4/c8-4-2-1-3-7-5(9)6(10)11/h8H,1-4H2,(H,7,9)(H,10,11). The largest absolute Gasteiger partial charge is 0.474 e. The second-order valence-electron chi connectivity index (χ2n) is 1.99. The Morgan fingerprint density at radius 3 is 2.36 bits per heavy atom. The molecule has 5 heteroatoms. The van der Waals surface area contributed by atoms with Crippen molar-refractivity contribution in [3.63, 3.8) is 0 Å². The maximum absolute atomic E-state index is 10.3. The maximum Gasteiger partial charge on any atom is 0.394 e. The molecule has 0 bridgehead atoms. The zero-order valence-corrected chi connectivity index (χ0v) is 6.04. The summed E-state index contributed by atoms with van der Waals surface area (Å²) < 4.78 is 0. The zero-order valence-electron chi connectivity index (χ0n) is 6.04. The summed E-state index contributed by atoms with van der Waals surface area (Å²) in [5.41, 5.74) is 0. The predicted molar refractivity (Wildman–Crippen MR) is 37.0 cm³/mol. The van der Waals surface area contributed by atoms with Gasteiger partial charge in [0.1, 0.15) is 0 Å². The van der Waals surface area contributed by atoms with Gasteiger partial charge in [-0.15, -0.1) is 0 Å². The monoisotopic (exact) mass is 161 g/mol. The summed E-state index contributed by atoms with van der Waals surface area (Å²) in [6.07, 6.45) is 1.16. The maximum atomic E-state index is 10.3. The number of carbonyl (C=O) groups is 2. The third-order valence-electron chi connectivity index (χ3n) is 1.06. The Morgan fingerprint density at radius 2 is 1.91 bits per heavy atom. The van der Waals surface area contributed by atoms with Crippen molar-refractivity contribution in [2.24, 2.45) is 0 Å². The number of hydrogen-bond acceptors (Lipinski definition) is 3. The number of hydrogen-bond donors (Lipinski definition) is 3. The highest BCUT2D eigenvalue weighted by Crippen LogP contribution is 1.83. The fourth-order valence-corrected chi connectivity index (χ4v) is 0.514. The Balaban J connectivity index is 3.25. The van der Waals surface area contributed by atoms with Gasteiger partial charge < -0.3 is 15.5 Å². The average Bonchev–Trinajstić information content (AvgIpc) is 1.97. The highest BCUT2D eigenvalue weighted by molar-refractivity contribution is 6.31. The SMILES string of the molecule is O=C(O)C(=O)NCCCCO. The first kappa shape index (κ1) is 9.90. The van der Waals surface area contributed by atoms with E-state index in [0.717, 1.165) is 0 Å². The summed E-state index contributed by atoms with van der Waals surface area (Å²) in [6.45, 7) is 0.356. The molecule has 0 rings (SSSR count). The number of nitrogens with one attached hydrogen (secondary N) is 1. The number of aliphatic carboxylic acids is 1. The van der Waals surface area contributed by atoms with E-state index < -0.39 is 11.9 Å². The van der Waals surface area contributed by atoms with Gasteiger partial charge in [-0.2, -0.15) is 0 Å². The Hall–Kier alpha value is -1.10. The van der Waals surface area contributed by atoms with E-state index in [4.69, 9.17) is 10.2 Å². The molecule has 0 heterocycles. The lowest BCUT2D eigenvalue weighted by Gasteiger charge is -1.98. The van der Waals surface area contributed by atoms with Gasteiger partial charge in [-0.3, -0.25) is 4.79 Å². The number of carboxylic acid groups (broad SMARTS) is 1. The first-order valence-electron chi connectivity index (χ1n) is 3.30. The van der Waals surface area contributed by atoms with Crippen LogP contribution in [0, 0.1) is 0 Å². The number of aliphatic hydroxyl groups is 1. The third-order valence-corrected chi connectivity index (χ3v) is 1.06. The van der Waals surface area contributed by atoms with Crippen molar-refractivity contribution in [1.29, 1.82) is 0 Å². The van der Waals surface area contributed by atoms with Crippen molar-refractivity contribution in [3.8, 4) is 0 Å². The molecular formula is C6H11NO4. The summed E-state index contributed by atoms with van der Waals surface area (Å²) >= 11 is 0. The van der Waals surface area contributed by atoms with Crippen LogP contribution in [0.3, 0.4) is 0 Å². The smallest absolute Gasteiger partial charge is 0.394 e. The third kappa shape index (κ3) is 5.35. The molecule has 0 aliphatic heterocycles. The van der Waals surface area contributed by atoms with Crippen LogP contribution in [0.5, 0.6) is 0 Å². The van der Waals surface area contributed by atoms with E-state index in [2.05, 4.69) is 5.32 Å². The molecule has 0 aliphatic carbocycles. The van der Waals surface area contributed by atoms with E-state index in [0.29, 0.717) is 19.4 Å². The van der Waals surface area contributed by atoms with E-state index in [1.54, 1.807) is 0 Å². The van der Waals surface area contributed by atoms with Crippen molar-refractivity contribution in [2.45, 2.75) is 12.8 Å². The fraction of sp³-hybridized carbons (Fsp3) is 0.667. The fourth-order valence-electron chi connectivity index (χ4n) is 0.514. The molecule has 0 atom stereocenters. The van der Waals surface area contributed by atoms with Gasteiger partial charge in [0.15, 0.2) is 0 Å². The Labute approximate surface area is 64.0 Å². The molecule has 0 aromatic heterocycles. The highest BCUT2D eigenvalue weighted by Gasteiger charge is 2.08. The van der Waals surface area contributed by atoms with Crippen LogP contribution in [0.2, 0.25) is 0 Å². The van der Waals surface area contributed by atoms with Crippen molar-refractivity contribution in [2.75, 3.05) is 13.2 Å². The lowest BCUT2D eigenvalue weighted by molar-refractivity contribution is -0.150. The molecule has 0 saturated carbocycles. The molecule has 0 spiro atoms. The van der Waals surface area contributed by atoms with Crippen molar-refractivity contribution < 1.29 is 19.8 Å². The predicted octanol–water partition coefficient (Wildman–Crippen LogP) is -1.04. The average molecular weight is 161 g/mol. The van der Waals surface area contributed by atoms with Gasteiger partial charge >= 0.3 is 11.9 Å². The molecule has 0 unspecified atom stereocenters. The molecule has 3 N–H and O–H groups in total. The van der Waals surface area contributed by atoms with Crippen LogP contribution < -0.4 is 5.32 Å². The molecule has 11 heavy (non-hydrogen) atoms. The first-order valence-corrected chi connectivity index (χ1v) is 3.30. The minimum atomic E-state index is -1.48. The number of amides is 1. The quantitative estimate of drug-likeness (QED) is 0.363. The van der Waals surface area contributed by atoms with Gasteiger partial charge in [-0.1, -0.05) is 0 Å². The van der Waals surface area contributed by atoms with Crippen molar-refractivity contribution >= 4 is 11.9 Å². The van der Waals surface area contributed by atoms with Crippen LogP contribution in [-0.4, -0.2) is 35.2 Å². The van der Waals surface area contributed by atoms with Gasteiger partial charge in [0.2, 0.25) is 0 Å².